The van der Waals surface area contributed by atoms with E-state index < -0.39 is 0 Å². The van der Waals surface area contributed by atoms with E-state index in [1.807, 2.05) is 6.92 Å². The van der Waals surface area contributed by atoms with Gasteiger partial charge in [0, 0.05) is 19.0 Å². The summed E-state index contributed by atoms with van der Waals surface area (Å²) in [5, 5.41) is 3.33. The summed E-state index contributed by atoms with van der Waals surface area (Å²) < 4.78 is 0. The van der Waals surface area contributed by atoms with Crippen molar-refractivity contribution in [2.24, 2.45) is 5.92 Å². The summed E-state index contributed by atoms with van der Waals surface area (Å²) in [4.78, 5) is 8.57. The minimum atomic E-state index is 0.547. The molecule has 1 aromatic heterocycles. The molecule has 1 rings (SSSR count). The molecule has 0 aliphatic rings. The second-order valence-corrected chi connectivity index (χ2v) is 5.47. The predicted molar refractivity (Wildman–Crippen MR) is 82.2 cm³/mol. The number of hydrogen-bond donors (Lipinski definition) is 2. The van der Waals surface area contributed by atoms with Crippen LogP contribution in [0.4, 0.5) is 11.6 Å². The molecule has 0 bridgehead atoms. The van der Waals surface area contributed by atoms with Crippen LogP contribution in [0.3, 0.4) is 0 Å². The Morgan fingerprint density at radius 1 is 1.16 bits per heavy atom. The molecule has 0 aliphatic heterocycles. The molecule has 0 saturated heterocycles. The number of aromatic nitrogens is 2. The maximum Gasteiger partial charge on any atom is 0.132 e. The van der Waals surface area contributed by atoms with Gasteiger partial charge < -0.3 is 11.1 Å². The first kappa shape index (κ1) is 15.7. The first-order valence-electron chi connectivity index (χ1n) is 7.49. The number of nitrogens with one attached hydrogen (secondary N) is 1. The zero-order valence-electron chi connectivity index (χ0n) is 12.6. The lowest BCUT2D eigenvalue weighted by Gasteiger charge is -2.08. The van der Waals surface area contributed by atoms with Crippen LogP contribution in [0, 0.1) is 5.92 Å². The third kappa shape index (κ3) is 6.99. The zero-order chi connectivity index (χ0) is 14.1. The Morgan fingerprint density at radius 2 is 1.89 bits per heavy atom. The Hall–Kier alpha value is -1.32. The Morgan fingerprint density at radius 3 is 2.58 bits per heavy atom. The van der Waals surface area contributed by atoms with Crippen LogP contribution in [0.25, 0.3) is 0 Å². The Balaban J connectivity index is 2.17. The van der Waals surface area contributed by atoms with Crippen molar-refractivity contribution in [1.82, 2.24) is 9.97 Å². The van der Waals surface area contributed by atoms with Gasteiger partial charge in [-0.15, -0.1) is 0 Å². The number of nitrogen functional groups attached to an aromatic ring is 1. The largest absolute Gasteiger partial charge is 0.384 e. The minimum Gasteiger partial charge on any atom is -0.384 e. The molecule has 0 fully saturated rings. The van der Waals surface area contributed by atoms with Gasteiger partial charge in [0.25, 0.3) is 0 Å². The average molecular weight is 264 g/mol. The number of nitrogens with two attached hydrogens (primary N) is 1. The quantitative estimate of drug-likeness (QED) is 0.668. The monoisotopic (exact) mass is 264 g/mol. The van der Waals surface area contributed by atoms with Gasteiger partial charge in [0.05, 0.1) is 0 Å². The number of hydrogen-bond acceptors (Lipinski definition) is 4. The lowest BCUT2D eigenvalue weighted by atomic mass is 10.0. The van der Waals surface area contributed by atoms with Crippen molar-refractivity contribution in [2.75, 3.05) is 17.6 Å². The average Bonchev–Trinajstić information content (AvgIpc) is 2.36. The standard InChI is InChI=1S/C15H28N4/c1-4-14-18-13(16)11-15(19-14)17-10-8-6-5-7-9-12(2)3/h11-12H,4-10H2,1-3H3,(H3,16,17,18,19). The number of aryl methyl sites for hydroxylation is 1. The molecule has 4 nitrogen and oxygen atoms in total. The molecular formula is C15H28N4. The van der Waals surface area contributed by atoms with Crippen molar-refractivity contribution in [3.63, 3.8) is 0 Å². The molecule has 4 heteroatoms. The molecule has 0 radical (unpaired) electrons. The predicted octanol–water partition coefficient (Wildman–Crippen LogP) is 3.64. The van der Waals surface area contributed by atoms with Crippen LogP contribution in [-0.4, -0.2) is 16.5 Å². The number of rotatable bonds is 9. The van der Waals surface area contributed by atoms with Gasteiger partial charge in [-0.2, -0.15) is 0 Å². The van der Waals surface area contributed by atoms with Gasteiger partial charge in [-0.3, -0.25) is 0 Å². The summed E-state index contributed by atoms with van der Waals surface area (Å²) in [5.41, 5.74) is 5.74. The van der Waals surface area contributed by atoms with Crippen molar-refractivity contribution in [3.05, 3.63) is 11.9 Å². The molecule has 0 unspecified atom stereocenters. The van der Waals surface area contributed by atoms with E-state index in [-0.39, 0.29) is 0 Å². The van der Waals surface area contributed by atoms with Crippen LogP contribution in [0.2, 0.25) is 0 Å². The van der Waals surface area contributed by atoms with E-state index in [0.717, 1.165) is 30.5 Å². The fourth-order valence-electron chi connectivity index (χ4n) is 2.01. The summed E-state index contributed by atoms with van der Waals surface area (Å²) in [6.45, 7) is 7.56. The molecule has 0 aliphatic carbocycles. The van der Waals surface area contributed by atoms with Gasteiger partial charge in [-0.05, 0) is 12.3 Å². The first-order valence-corrected chi connectivity index (χ1v) is 7.49. The molecule has 19 heavy (non-hydrogen) atoms. The van der Waals surface area contributed by atoms with Gasteiger partial charge in [0.1, 0.15) is 17.5 Å². The molecule has 0 saturated carbocycles. The third-order valence-electron chi connectivity index (χ3n) is 3.12. The molecule has 108 valence electrons. The van der Waals surface area contributed by atoms with Crippen molar-refractivity contribution in [1.29, 1.82) is 0 Å². The van der Waals surface area contributed by atoms with Crippen molar-refractivity contribution >= 4 is 11.6 Å². The van der Waals surface area contributed by atoms with Crippen LogP contribution < -0.4 is 11.1 Å². The van der Waals surface area contributed by atoms with E-state index in [0.29, 0.717) is 5.82 Å². The van der Waals surface area contributed by atoms with Crippen LogP contribution in [0.15, 0.2) is 6.07 Å². The second-order valence-electron chi connectivity index (χ2n) is 5.47. The van der Waals surface area contributed by atoms with E-state index in [1.165, 1.54) is 32.1 Å². The van der Waals surface area contributed by atoms with Gasteiger partial charge in [0.15, 0.2) is 0 Å². The summed E-state index contributed by atoms with van der Waals surface area (Å²) in [6.07, 6.45) is 7.29. The highest BCUT2D eigenvalue weighted by molar-refractivity contribution is 5.44. The lowest BCUT2D eigenvalue weighted by molar-refractivity contribution is 0.523. The van der Waals surface area contributed by atoms with Crippen molar-refractivity contribution < 1.29 is 0 Å². The molecule has 0 amide bonds. The van der Waals surface area contributed by atoms with Gasteiger partial charge >= 0.3 is 0 Å². The Kier molecular flexibility index (Phi) is 7.23. The number of anilines is 2. The molecule has 0 aromatic carbocycles. The van der Waals surface area contributed by atoms with Crippen LogP contribution in [0.1, 0.15) is 58.7 Å². The molecule has 0 atom stereocenters. The number of unbranched alkanes of at least 4 members (excludes halogenated alkanes) is 3. The maximum absolute atomic E-state index is 5.74. The normalized spacial score (nSPS) is 10.9. The smallest absolute Gasteiger partial charge is 0.132 e. The van der Waals surface area contributed by atoms with Gasteiger partial charge in [-0.1, -0.05) is 46.5 Å². The summed E-state index contributed by atoms with van der Waals surface area (Å²) in [6, 6.07) is 1.80. The first-order chi connectivity index (χ1) is 9.11. The third-order valence-corrected chi connectivity index (χ3v) is 3.12. The van der Waals surface area contributed by atoms with Gasteiger partial charge in [-0.25, -0.2) is 9.97 Å². The van der Waals surface area contributed by atoms with Crippen LogP contribution in [0.5, 0.6) is 0 Å². The van der Waals surface area contributed by atoms with Gasteiger partial charge in [0.2, 0.25) is 0 Å². The highest BCUT2D eigenvalue weighted by Crippen LogP contribution is 2.11. The summed E-state index contributed by atoms with van der Waals surface area (Å²) >= 11 is 0. The Labute approximate surface area is 117 Å². The second kappa shape index (κ2) is 8.73. The number of nitrogens with zero attached hydrogens (tertiary/aromatic N) is 2. The fraction of sp³-hybridized carbons (Fsp3) is 0.733. The topological polar surface area (TPSA) is 63.8 Å². The van der Waals surface area contributed by atoms with Crippen LogP contribution >= 0.6 is 0 Å². The molecule has 1 aromatic rings. The lowest BCUT2D eigenvalue weighted by Crippen LogP contribution is -2.07. The van der Waals surface area contributed by atoms with Crippen molar-refractivity contribution in [3.8, 4) is 0 Å². The van der Waals surface area contributed by atoms with E-state index in [1.54, 1.807) is 6.07 Å². The highest BCUT2D eigenvalue weighted by Gasteiger charge is 2.00. The van der Waals surface area contributed by atoms with E-state index >= 15 is 0 Å². The van der Waals surface area contributed by atoms with Crippen molar-refractivity contribution in [2.45, 2.75) is 59.3 Å². The fourth-order valence-corrected chi connectivity index (χ4v) is 2.01. The molecular weight excluding hydrogens is 236 g/mol. The maximum atomic E-state index is 5.74. The minimum absolute atomic E-state index is 0.547. The SMILES string of the molecule is CCc1nc(N)cc(NCCCCCCC(C)C)n1. The molecule has 3 N–H and O–H groups in total. The zero-order valence-corrected chi connectivity index (χ0v) is 12.6. The Bertz CT molecular complexity index is 363. The van der Waals surface area contributed by atoms with E-state index in [4.69, 9.17) is 5.73 Å². The van der Waals surface area contributed by atoms with Crippen LogP contribution in [-0.2, 0) is 6.42 Å². The summed E-state index contributed by atoms with van der Waals surface area (Å²) in [7, 11) is 0. The van der Waals surface area contributed by atoms with E-state index in [9.17, 15) is 0 Å². The molecule has 0 spiro atoms. The molecule has 1 heterocycles. The summed E-state index contributed by atoms with van der Waals surface area (Å²) in [5.74, 6) is 3.03. The van der Waals surface area contributed by atoms with E-state index in [2.05, 4.69) is 29.1 Å². The highest BCUT2D eigenvalue weighted by atomic mass is 15.0.